The molecule has 0 atom stereocenters. The molecule has 6 nitrogen and oxygen atoms in total. The van der Waals surface area contributed by atoms with Crippen LogP contribution in [0.25, 0.3) is 22.0 Å². The molecule has 124 valence electrons. The van der Waals surface area contributed by atoms with Crippen molar-refractivity contribution in [2.45, 2.75) is 6.54 Å². The van der Waals surface area contributed by atoms with Crippen LogP contribution in [0.3, 0.4) is 0 Å². The summed E-state index contributed by atoms with van der Waals surface area (Å²) in [6, 6.07) is 14.8. The van der Waals surface area contributed by atoms with Crippen molar-refractivity contribution in [3.63, 3.8) is 0 Å². The van der Waals surface area contributed by atoms with Crippen molar-refractivity contribution < 1.29 is 4.52 Å². The summed E-state index contributed by atoms with van der Waals surface area (Å²) in [5.41, 5.74) is 1.38. The van der Waals surface area contributed by atoms with Gasteiger partial charge in [0.15, 0.2) is 0 Å². The molecule has 0 spiro atoms. The molecule has 0 unspecified atom stereocenters. The lowest BCUT2D eigenvalue weighted by Crippen LogP contribution is -2.23. The zero-order chi connectivity index (χ0) is 17.2. The van der Waals surface area contributed by atoms with Crippen LogP contribution in [0.1, 0.15) is 5.89 Å². The smallest absolute Gasteiger partial charge is 0.267 e. The molecule has 4 rings (SSSR count). The molecule has 3 aromatic heterocycles. The van der Waals surface area contributed by atoms with E-state index in [0.29, 0.717) is 17.4 Å². The number of halogens is 1. The Bertz CT molecular complexity index is 1070. The van der Waals surface area contributed by atoms with Crippen molar-refractivity contribution in [3.8, 4) is 22.0 Å². The predicted molar refractivity (Wildman–Crippen MR) is 98.3 cm³/mol. The second-order valence-electron chi connectivity index (χ2n) is 5.21. The Kier molecular flexibility index (Phi) is 4.29. The van der Waals surface area contributed by atoms with Crippen LogP contribution < -0.4 is 5.56 Å². The summed E-state index contributed by atoms with van der Waals surface area (Å²) < 4.78 is 7.52. The second kappa shape index (κ2) is 6.73. The summed E-state index contributed by atoms with van der Waals surface area (Å²) in [6.07, 6.45) is 0. The molecule has 0 aliphatic carbocycles. The molecule has 0 amide bonds. The van der Waals surface area contributed by atoms with Crippen molar-refractivity contribution >= 4 is 27.3 Å². The third kappa shape index (κ3) is 3.45. The minimum Gasteiger partial charge on any atom is -0.337 e. The average Bonchev–Trinajstić information content (AvgIpc) is 3.28. The molecule has 4 aromatic rings. The highest BCUT2D eigenvalue weighted by molar-refractivity contribution is 9.10. The zero-order valence-corrected chi connectivity index (χ0v) is 15.2. The third-order valence-corrected chi connectivity index (χ3v) is 4.84. The number of benzene rings is 1. The van der Waals surface area contributed by atoms with Gasteiger partial charge in [-0.15, -0.1) is 11.3 Å². The van der Waals surface area contributed by atoms with Crippen LogP contribution in [-0.2, 0) is 6.54 Å². The maximum absolute atomic E-state index is 12.1. The molecule has 0 aliphatic heterocycles. The Morgan fingerprint density at radius 3 is 2.88 bits per heavy atom. The van der Waals surface area contributed by atoms with Crippen LogP contribution in [0, 0.1) is 0 Å². The number of aromatic nitrogens is 4. The van der Waals surface area contributed by atoms with Gasteiger partial charge in [-0.25, -0.2) is 4.68 Å². The Hall–Kier alpha value is -2.58. The van der Waals surface area contributed by atoms with Gasteiger partial charge in [0, 0.05) is 16.1 Å². The van der Waals surface area contributed by atoms with Crippen LogP contribution in [0.2, 0.25) is 0 Å². The van der Waals surface area contributed by atoms with Crippen molar-refractivity contribution in [1.29, 1.82) is 0 Å². The minimum atomic E-state index is -0.227. The molecule has 1 aromatic carbocycles. The quantitative estimate of drug-likeness (QED) is 0.507. The molecule has 3 heterocycles. The monoisotopic (exact) mass is 414 g/mol. The standard InChI is InChI=1S/C17H11BrN4O2S/c18-12-4-1-3-11(9-12)13-6-7-16(23)22(20-13)10-15-19-17(21-24-15)14-5-2-8-25-14/h1-9H,10H2. The van der Waals surface area contributed by atoms with Gasteiger partial charge in [0.25, 0.3) is 5.56 Å². The Morgan fingerprint density at radius 1 is 1.16 bits per heavy atom. The molecule has 0 aliphatic rings. The summed E-state index contributed by atoms with van der Waals surface area (Å²) in [6.45, 7) is 0.124. The highest BCUT2D eigenvalue weighted by atomic mass is 79.9. The Morgan fingerprint density at radius 2 is 2.08 bits per heavy atom. The topological polar surface area (TPSA) is 73.8 Å². The van der Waals surface area contributed by atoms with Crippen molar-refractivity contribution in [3.05, 3.63) is 74.6 Å². The zero-order valence-electron chi connectivity index (χ0n) is 12.8. The van der Waals surface area contributed by atoms with Crippen LogP contribution in [0.4, 0.5) is 0 Å². The van der Waals surface area contributed by atoms with E-state index in [0.717, 1.165) is 14.9 Å². The SMILES string of the molecule is O=c1ccc(-c2cccc(Br)c2)nn1Cc1nc(-c2cccs2)no1. The first kappa shape index (κ1) is 15.9. The average molecular weight is 415 g/mol. The summed E-state index contributed by atoms with van der Waals surface area (Å²) in [5.74, 6) is 0.852. The molecule has 0 bridgehead atoms. The van der Waals surface area contributed by atoms with Gasteiger partial charge in [0.1, 0.15) is 6.54 Å². The van der Waals surface area contributed by atoms with E-state index in [4.69, 9.17) is 4.52 Å². The van der Waals surface area contributed by atoms with Crippen molar-refractivity contribution in [2.24, 2.45) is 0 Å². The Labute approximate surface area is 154 Å². The van der Waals surface area contributed by atoms with Gasteiger partial charge >= 0.3 is 0 Å². The van der Waals surface area contributed by atoms with Crippen molar-refractivity contribution in [2.75, 3.05) is 0 Å². The minimum absolute atomic E-state index is 0.124. The fourth-order valence-electron chi connectivity index (χ4n) is 2.32. The molecular weight excluding hydrogens is 404 g/mol. The fraction of sp³-hybridized carbons (Fsp3) is 0.0588. The number of nitrogens with zero attached hydrogens (tertiary/aromatic N) is 4. The molecule has 25 heavy (non-hydrogen) atoms. The fourth-order valence-corrected chi connectivity index (χ4v) is 3.37. The van der Waals surface area contributed by atoms with Gasteiger partial charge in [-0.3, -0.25) is 4.79 Å². The molecule has 0 radical (unpaired) electrons. The predicted octanol–water partition coefficient (Wildman–Crippen LogP) is 3.83. The number of thiophene rings is 1. The van der Waals surface area contributed by atoms with E-state index < -0.39 is 0 Å². The molecule has 0 saturated heterocycles. The highest BCUT2D eigenvalue weighted by Crippen LogP contribution is 2.22. The van der Waals surface area contributed by atoms with Gasteiger partial charge in [0.05, 0.1) is 10.6 Å². The van der Waals surface area contributed by atoms with Crippen LogP contribution in [0.15, 0.2) is 67.7 Å². The molecule has 0 saturated carbocycles. The lowest BCUT2D eigenvalue weighted by molar-refractivity contribution is 0.363. The number of hydrogen-bond donors (Lipinski definition) is 0. The van der Waals surface area contributed by atoms with Gasteiger partial charge in [-0.1, -0.05) is 39.3 Å². The van der Waals surface area contributed by atoms with E-state index in [1.165, 1.54) is 22.1 Å². The van der Waals surface area contributed by atoms with Crippen LogP contribution in [-0.4, -0.2) is 19.9 Å². The molecule has 0 N–H and O–H groups in total. The van der Waals surface area contributed by atoms with Gasteiger partial charge in [-0.2, -0.15) is 10.1 Å². The number of rotatable bonds is 4. The first-order valence-corrected chi connectivity index (χ1v) is 9.07. The van der Waals surface area contributed by atoms with Crippen LogP contribution >= 0.6 is 27.3 Å². The van der Waals surface area contributed by atoms with E-state index in [2.05, 4.69) is 31.2 Å². The highest BCUT2D eigenvalue weighted by Gasteiger charge is 2.12. The maximum atomic E-state index is 12.1. The van der Waals surface area contributed by atoms with E-state index in [1.807, 2.05) is 41.8 Å². The third-order valence-electron chi connectivity index (χ3n) is 3.48. The summed E-state index contributed by atoms with van der Waals surface area (Å²) in [7, 11) is 0. The van der Waals surface area contributed by atoms with Gasteiger partial charge < -0.3 is 4.52 Å². The Balaban J connectivity index is 1.64. The van der Waals surface area contributed by atoms with Crippen molar-refractivity contribution in [1.82, 2.24) is 19.9 Å². The molecular formula is C17H11BrN4O2S. The molecule has 0 fully saturated rings. The summed E-state index contributed by atoms with van der Waals surface area (Å²) >= 11 is 4.97. The summed E-state index contributed by atoms with van der Waals surface area (Å²) in [5, 5.41) is 10.3. The van der Waals surface area contributed by atoms with E-state index >= 15 is 0 Å². The lowest BCUT2D eigenvalue weighted by Gasteiger charge is -2.05. The molecule has 8 heteroatoms. The van der Waals surface area contributed by atoms with Crippen LogP contribution in [0.5, 0.6) is 0 Å². The van der Waals surface area contributed by atoms with Gasteiger partial charge in [-0.05, 0) is 29.6 Å². The largest absolute Gasteiger partial charge is 0.337 e. The van der Waals surface area contributed by atoms with Gasteiger partial charge in [0.2, 0.25) is 11.7 Å². The first-order valence-electron chi connectivity index (χ1n) is 7.39. The first-order chi connectivity index (χ1) is 12.2. The normalized spacial score (nSPS) is 10.9. The lowest BCUT2D eigenvalue weighted by atomic mass is 10.1. The number of hydrogen-bond acceptors (Lipinski definition) is 6. The van der Waals surface area contributed by atoms with E-state index in [-0.39, 0.29) is 12.1 Å². The van der Waals surface area contributed by atoms with E-state index in [9.17, 15) is 4.79 Å². The van der Waals surface area contributed by atoms with E-state index in [1.54, 1.807) is 6.07 Å². The summed E-state index contributed by atoms with van der Waals surface area (Å²) in [4.78, 5) is 17.4. The maximum Gasteiger partial charge on any atom is 0.267 e. The second-order valence-corrected chi connectivity index (χ2v) is 7.08.